The largest absolute Gasteiger partial charge is 0.481 e. The molecule has 1 aliphatic rings. The molecule has 0 aliphatic carbocycles. The van der Waals surface area contributed by atoms with Gasteiger partial charge in [0.05, 0.1) is 12.5 Å². The lowest BCUT2D eigenvalue weighted by Gasteiger charge is -2.24. The van der Waals surface area contributed by atoms with Crippen LogP contribution in [-0.2, 0) is 9.59 Å². The van der Waals surface area contributed by atoms with Gasteiger partial charge in [0, 0.05) is 19.6 Å². The summed E-state index contributed by atoms with van der Waals surface area (Å²) in [5.74, 6) is -1.01. The molecule has 1 unspecified atom stereocenters. The second-order valence-electron chi connectivity index (χ2n) is 4.66. The van der Waals surface area contributed by atoms with Crippen LogP contribution < -0.4 is 0 Å². The van der Waals surface area contributed by atoms with Crippen LogP contribution in [-0.4, -0.2) is 59.5 Å². The fourth-order valence-corrected chi connectivity index (χ4v) is 1.77. The first kappa shape index (κ1) is 13.0. The molecule has 0 radical (unpaired) electrons. The number of hydrogen-bond donors (Lipinski definition) is 1. The third-order valence-corrected chi connectivity index (χ3v) is 3.15. The van der Waals surface area contributed by atoms with Crippen LogP contribution in [0.2, 0.25) is 0 Å². The monoisotopic (exact) mass is 228 g/mol. The highest BCUT2D eigenvalue weighted by molar-refractivity contribution is 5.78. The Morgan fingerprint density at radius 3 is 2.56 bits per heavy atom. The summed E-state index contributed by atoms with van der Waals surface area (Å²) < 4.78 is 0. The maximum atomic E-state index is 11.8. The van der Waals surface area contributed by atoms with Gasteiger partial charge in [-0.05, 0) is 26.8 Å². The lowest BCUT2D eigenvalue weighted by molar-refractivity contribution is -0.141. The molecule has 0 bridgehead atoms. The predicted octanol–water partition coefficient (Wildman–Crippen LogP) is 0.260. The van der Waals surface area contributed by atoms with Gasteiger partial charge in [-0.3, -0.25) is 14.5 Å². The number of amides is 1. The number of carboxylic acids is 1. The van der Waals surface area contributed by atoms with Crippen molar-refractivity contribution in [1.82, 2.24) is 9.80 Å². The van der Waals surface area contributed by atoms with E-state index in [1.807, 2.05) is 18.7 Å². The Bertz CT molecular complexity index is 278. The lowest BCUT2D eigenvalue weighted by atomic mass is 10.1. The zero-order valence-corrected chi connectivity index (χ0v) is 10.1. The van der Waals surface area contributed by atoms with E-state index in [4.69, 9.17) is 5.11 Å². The van der Waals surface area contributed by atoms with Crippen LogP contribution in [0.1, 0.15) is 20.3 Å². The van der Waals surface area contributed by atoms with E-state index in [9.17, 15) is 9.59 Å². The molecule has 0 spiro atoms. The summed E-state index contributed by atoms with van der Waals surface area (Å²) in [6.07, 6.45) is 0.647. The van der Waals surface area contributed by atoms with Crippen molar-refractivity contribution in [1.29, 1.82) is 0 Å². The average Bonchev–Trinajstić information content (AvgIpc) is 2.64. The number of carbonyl (C=O) groups is 2. The number of nitrogens with zero attached hydrogens (tertiary/aromatic N) is 2. The lowest BCUT2D eigenvalue weighted by Crippen LogP contribution is -2.40. The van der Waals surface area contributed by atoms with Gasteiger partial charge in [0.25, 0.3) is 0 Å². The minimum absolute atomic E-state index is 0.0565. The molecule has 1 N–H and O–H groups in total. The highest BCUT2D eigenvalue weighted by Gasteiger charge is 2.29. The van der Waals surface area contributed by atoms with Crippen molar-refractivity contribution in [3.05, 3.63) is 0 Å². The van der Waals surface area contributed by atoms with Gasteiger partial charge in [0.2, 0.25) is 5.91 Å². The van der Waals surface area contributed by atoms with Crippen molar-refractivity contribution in [2.24, 2.45) is 5.92 Å². The van der Waals surface area contributed by atoms with Crippen LogP contribution in [0.4, 0.5) is 0 Å². The van der Waals surface area contributed by atoms with E-state index in [0.29, 0.717) is 26.1 Å². The third-order valence-electron chi connectivity index (χ3n) is 3.15. The summed E-state index contributed by atoms with van der Waals surface area (Å²) >= 11 is 0. The number of rotatable bonds is 4. The van der Waals surface area contributed by atoms with Gasteiger partial charge in [-0.25, -0.2) is 0 Å². The fraction of sp³-hybridized carbons (Fsp3) is 0.818. The molecule has 16 heavy (non-hydrogen) atoms. The van der Waals surface area contributed by atoms with E-state index in [0.717, 1.165) is 0 Å². The summed E-state index contributed by atoms with van der Waals surface area (Å²) in [5, 5.41) is 8.84. The number of carboxylic acid groups (broad SMARTS) is 1. The first-order chi connectivity index (χ1) is 7.41. The highest BCUT2D eigenvalue weighted by Crippen LogP contribution is 2.16. The zero-order valence-electron chi connectivity index (χ0n) is 10.1. The van der Waals surface area contributed by atoms with E-state index in [-0.39, 0.29) is 17.9 Å². The van der Waals surface area contributed by atoms with E-state index in [1.165, 1.54) is 0 Å². The minimum atomic E-state index is -0.757. The molecule has 1 saturated heterocycles. The molecule has 5 nitrogen and oxygen atoms in total. The SMILES string of the molecule is CC(C)N(C)C(=O)CN1CCC(C(=O)O)C1. The normalized spacial score (nSPS) is 21.4. The molecule has 92 valence electrons. The van der Waals surface area contributed by atoms with Crippen LogP contribution in [0, 0.1) is 5.92 Å². The molecule has 1 atom stereocenters. The minimum Gasteiger partial charge on any atom is -0.481 e. The van der Waals surface area contributed by atoms with Crippen LogP contribution in [0.25, 0.3) is 0 Å². The number of carbonyl (C=O) groups excluding carboxylic acids is 1. The van der Waals surface area contributed by atoms with Gasteiger partial charge >= 0.3 is 5.97 Å². The Labute approximate surface area is 96.0 Å². The van der Waals surface area contributed by atoms with E-state index >= 15 is 0 Å². The predicted molar refractivity (Wildman–Crippen MR) is 60.1 cm³/mol. The summed E-state index contributed by atoms with van der Waals surface area (Å²) in [4.78, 5) is 26.1. The second-order valence-corrected chi connectivity index (χ2v) is 4.66. The molecule has 0 aromatic carbocycles. The molecule has 1 rings (SSSR count). The second kappa shape index (κ2) is 5.30. The zero-order chi connectivity index (χ0) is 12.3. The summed E-state index contributed by atoms with van der Waals surface area (Å²) in [6, 6.07) is 0.186. The number of likely N-dealkylation sites (tertiary alicyclic amines) is 1. The number of likely N-dealkylation sites (N-methyl/N-ethyl adjacent to an activating group) is 1. The Balaban J connectivity index is 2.40. The number of hydrogen-bond acceptors (Lipinski definition) is 3. The van der Waals surface area contributed by atoms with E-state index in [1.54, 1.807) is 11.9 Å². The molecule has 0 aromatic heterocycles. The molecule has 0 saturated carbocycles. The van der Waals surface area contributed by atoms with Crippen LogP contribution >= 0.6 is 0 Å². The van der Waals surface area contributed by atoms with Crippen molar-refractivity contribution in [3.8, 4) is 0 Å². The summed E-state index contributed by atoms with van der Waals surface area (Å²) in [5.41, 5.74) is 0. The Morgan fingerprint density at radius 2 is 2.12 bits per heavy atom. The van der Waals surface area contributed by atoms with Crippen molar-refractivity contribution in [2.45, 2.75) is 26.3 Å². The van der Waals surface area contributed by atoms with Crippen LogP contribution in [0.5, 0.6) is 0 Å². The molecule has 1 fully saturated rings. The van der Waals surface area contributed by atoms with Crippen molar-refractivity contribution in [2.75, 3.05) is 26.7 Å². The maximum absolute atomic E-state index is 11.8. The third kappa shape index (κ3) is 3.20. The van der Waals surface area contributed by atoms with Gasteiger partial charge in [0.15, 0.2) is 0 Å². The van der Waals surface area contributed by atoms with E-state index in [2.05, 4.69) is 0 Å². The first-order valence-electron chi connectivity index (χ1n) is 5.62. The van der Waals surface area contributed by atoms with Crippen molar-refractivity contribution < 1.29 is 14.7 Å². The summed E-state index contributed by atoms with van der Waals surface area (Å²) in [7, 11) is 1.78. The first-order valence-corrected chi connectivity index (χ1v) is 5.62. The molecule has 1 heterocycles. The Hall–Kier alpha value is -1.10. The van der Waals surface area contributed by atoms with Gasteiger partial charge in [-0.2, -0.15) is 0 Å². The molecular weight excluding hydrogens is 208 g/mol. The molecule has 5 heteroatoms. The maximum Gasteiger partial charge on any atom is 0.307 e. The molecule has 0 aromatic rings. The summed E-state index contributed by atoms with van der Waals surface area (Å²) in [6.45, 7) is 5.45. The quantitative estimate of drug-likeness (QED) is 0.749. The van der Waals surface area contributed by atoms with Crippen molar-refractivity contribution >= 4 is 11.9 Å². The highest BCUT2D eigenvalue weighted by atomic mass is 16.4. The Morgan fingerprint density at radius 1 is 1.50 bits per heavy atom. The van der Waals surface area contributed by atoms with Gasteiger partial charge < -0.3 is 10.0 Å². The van der Waals surface area contributed by atoms with Gasteiger partial charge in [0.1, 0.15) is 0 Å². The average molecular weight is 228 g/mol. The van der Waals surface area contributed by atoms with E-state index < -0.39 is 5.97 Å². The number of aliphatic carboxylic acids is 1. The Kier molecular flexibility index (Phi) is 4.29. The van der Waals surface area contributed by atoms with Gasteiger partial charge in [-0.1, -0.05) is 0 Å². The molecule has 1 amide bonds. The van der Waals surface area contributed by atoms with Gasteiger partial charge in [-0.15, -0.1) is 0 Å². The van der Waals surface area contributed by atoms with Crippen LogP contribution in [0.3, 0.4) is 0 Å². The fourth-order valence-electron chi connectivity index (χ4n) is 1.77. The van der Waals surface area contributed by atoms with Crippen LogP contribution in [0.15, 0.2) is 0 Å². The standard InChI is InChI=1S/C11H20N2O3/c1-8(2)12(3)10(14)7-13-5-4-9(6-13)11(15)16/h8-9H,4-7H2,1-3H3,(H,15,16). The topological polar surface area (TPSA) is 60.9 Å². The molecule has 1 aliphatic heterocycles. The molecular formula is C11H20N2O3. The smallest absolute Gasteiger partial charge is 0.307 e. The van der Waals surface area contributed by atoms with Crippen molar-refractivity contribution in [3.63, 3.8) is 0 Å².